The van der Waals surface area contributed by atoms with Crippen molar-refractivity contribution in [3.8, 4) is 0 Å². The average Bonchev–Trinajstić information content (AvgIpc) is 2.56. The summed E-state index contributed by atoms with van der Waals surface area (Å²) in [4.78, 5) is 57.2. The van der Waals surface area contributed by atoms with E-state index in [2.05, 4.69) is 5.32 Å². The molecule has 0 aromatic carbocycles. The van der Waals surface area contributed by atoms with Gasteiger partial charge in [0, 0.05) is 33.6 Å². The first-order valence-electron chi connectivity index (χ1n) is 8.61. The van der Waals surface area contributed by atoms with Crippen molar-refractivity contribution in [3.05, 3.63) is 0 Å². The van der Waals surface area contributed by atoms with Crippen molar-refractivity contribution in [2.24, 2.45) is 0 Å². The number of hydrogen-bond donors (Lipinski definition) is 2. The molecule has 5 atom stereocenters. The van der Waals surface area contributed by atoms with Crippen molar-refractivity contribution in [2.75, 3.05) is 6.61 Å². The molecule has 0 unspecified atom stereocenters. The van der Waals surface area contributed by atoms with E-state index >= 15 is 0 Å². The fourth-order valence-electron chi connectivity index (χ4n) is 2.62. The van der Waals surface area contributed by atoms with Crippen LogP contribution in [0.1, 0.15) is 40.5 Å². The molecule has 1 rings (SSSR count). The normalized spacial score (nSPS) is 26.7. The van der Waals surface area contributed by atoms with E-state index in [1.54, 1.807) is 0 Å². The minimum atomic E-state index is -1.65. The average molecular weight is 403 g/mol. The molecule has 11 heteroatoms. The van der Waals surface area contributed by atoms with Gasteiger partial charge in [0.05, 0.1) is 0 Å². The predicted octanol–water partition coefficient (Wildman–Crippen LogP) is -1.02. The molecule has 0 bridgehead atoms. The fraction of sp³-hybridized carbons (Fsp3) is 0.706. The van der Waals surface area contributed by atoms with E-state index in [9.17, 15) is 29.1 Å². The Morgan fingerprint density at radius 2 is 1.46 bits per heavy atom. The number of ether oxygens (including phenoxy) is 4. The molecule has 0 spiro atoms. The van der Waals surface area contributed by atoms with Crippen molar-refractivity contribution in [2.45, 2.75) is 71.2 Å². The second-order valence-electron chi connectivity index (χ2n) is 6.31. The topological polar surface area (TPSA) is 155 Å². The van der Waals surface area contributed by atoms with Crippen LogP contribution in [0.4, 0.5) is 0 Å². The number of rotatable bonds is 8. The van der Waals surface area contributed by atoms with Gasteiger partial charge in [-0.05, 0) is 6.92 Å². The molecule has 2 N–H and O–H groups in total. The molecule has 1 aliphatic rings. The van der Waals surface area contributed by atoms with Crippen LogP contribution in [-0.2, 0) is 42.9 Å². The number of carbonyl (C=O) groups excluding carboxylic acids is 5. The van der Waals surface area contributed by atoms with Crippen molar-refractivity contribution in [1.82, 2.24) is 5.32 Å². The van der Waals surface area contributed by atoms with Crippen LogP contribution >= 0.6 is 0 Å². The van der Waals surface area contributed by atoms with Crippen LogP contribution in [0.3, 0.4) is 0 Å². The smallest absolute Gasteiger partial charge is 0.303 e. The number of Topliss-reactive ketones (excluding diaryl/α,β-unsaturated/α-hetero) is 1. The van der Waals surface area contributed by atoms with E-state index in [0.717, 1.165) is 20.8 Å². The summed E-state index contributed by atoms with van der Waals surface area (Å²) in [6.45, 7) is 4.31. The predicted molar refractivity (Wildman–Crippen MR) is 90.5 cm³/mol. The molecule has 1 heterocycles. The lowest BCUT2D eigenvalue weighted by Crippen LogP contribution is -2.66. The summed E-state index contributed by atoms with van der Waals surface area (Å²) in [5.74, 6) is -2.93. The van der Waals surface area contributed by atoms with E-state index in [4.69, 9.17) is 18.9 Å². The summed E-state index contributed by atoms with van der Waals surface area (Å²) in [5, 5.41) is 12.7. The fourth-order valence-corrected chi connectivity index (χ4v) is 2.62. The van der Waals surface area contributed by atoms with Gasteiger partial charge >= 0.3 is 17.9 Å². The van der Waals surface area contributed by atoms with Crippen molar-refractivity contribution in [1.29, 1.82) is 0 Å². The van der Waals surface area contributed by atoms with Gasteiger partial charge in [-0.3, -0.25) is 19.2 Å². The Kier molecular flexibility index (Phi) is 9.00. The highest BCUT2D eigenvalue weighted by Gasteiger charge is 2.50. The second kappa shape index (κ2) is 10.7. The van der Waals surface area contributed by atoms with Gasteiger partial charge in [-0.1, -0.05) is 0 Å². The number of ketones is 1. The van der Waals surface area contributed by atoms with Gasteiger partial charge < -0.3 is 34.2 Å². The Labute approximate surface area is 161 Å². The Bertz CT molecular complexity index is 619. The number of aliphatic hydroxyl groups is 1. The zero-order chi connectivity index (χ0) is 21.4. The Morgan fingerprint density at radius 1 is 0.893 bits per heavy atom. The highest BCUT2D eigenvalue weighted by molar-refractivity contribution is 5.83. The molecule has 1 amide bonds. The largest absolute Gasteiger partial charge is 0.463 e. The summed E-state index contributed by atoms with van der Waals surface area (Å²) in [6.07, 6.45) is -5.54. The van der Waals surface area contributed by atoms with Crippen LogP contribution in [-0.4, -0.2) is 72.0 Å². The zero-order valence-electron chi connectivity index (χ0n) is 16.1. The summed E-state index contributed by atoms with van der Waals surface area (Å²) >= 11 is 0. The van der Waals surface area contributed by atoms with Crippen molar-refractivity contribution in [3.63, 3.8) is 0 Å². The summed E-state index contributed by atoms with van der Waals surface area (Å²) in [5.41, 5.74) is 0. The molecule has 28 heavy (non-hydrogen) atoms. The van der Waals surface area contributed by atoms with E-state index in [1.807, 2.05) is 0 Å². The molecule has 1 aliphatic heterocycles. The number of hydrogen-bond acceptors (Lipinski definition) is 10. The van der Waals surface area contributed by atoms with Gasteiger partial charge in [0.2, 0.25) is 5.91 Å². The molecule has 158 valence electrons. The molecule has 0 aromatic heterocycles. The molecule has 0 saturated carbocycles. The molecular weight excluding hydrogens is 378 g/mol. The van der Waals surface area contributed by atoms with E-state index in [0.29, 0.717) is 0 Å². The van der Waals surface area contributed by atoms with E-state index in [1.165, 1.54) is 6.92 Å². The highest BCUT2D eigenvalue weighted by Crippen LogP contribution is 2.26. The monoisotopic (exact) mass is 403 g/mol. The quantitative estimate of drug-likeness (QED) is 0.380. The van der Waals surface area contributed by atoms with E-state index in [-0.39, 0.29) is 25.2 Å². The highest BCUT2D eigenvalue weighted by atomic mass is 16.7. The third-order valence-electron chi connectivity index (χ3n) is 3.75. The minimum Gasteiger partial charge on any atom is -0.463 e. The molecule has 1 fully saturated rings. The van der Waals surface area contributed by atoms with Gasteiger partial charge in [-0.2, -0.15) is 0 Å². The Hall–Kier alpha value is -2.53. The van der Waals surface area contributed by atoms with Crippen LogP contribution in [0.15, 0.2) is 0 Å². The zero-order valence-corrected chi connectivity index (χ0v) is 16.1. The Balaban J connectivity index is 3.07. The third-order valence-corrected chi connectivity index (χ3v) is 3.75. The van der Waals surface area contributed by atoms with Gasteiger partial charge in [0.25, 0.3) is 0 Å². The molecule has 0 radical (unpaired) electrons. The first-order valence-corrected chi connectivity index (χ1v) is 8.61. The number of amides is 1. The molecular formula is C17H25NO10. The van der Waals surface area contributed by atoms with Crippen LogP contribution in [0.5, 0.6) is 0 Å². The molecule has 1 saturated heterocycles. The third kappa shape index (κ3) is 7.61. The molecule has 0 aromatic rings. The maximum atomic E-state index is 12.1. The summed E-state index contributed by atoms with van der Waals surface area (Å²) in [6, 6.07) is -1.28. The second-order valence-corrected chi connectivity index (χ2v) is 6.31. The van der Waals surface area contributed by atoms with Crippen LogP contribution in [0, 0.1) is 0 Å². The first-order chi connectivity index (χ1) is 13.0. The van der Waals surface area contributed by atoms with Crippen LogP contribution in [0.25, 0.3) is 0 Å². The maximum absolute atomic E-state index is 12.1. The summed E-state index contributed by atoms with van der Waals surface area (Å²) < 4.78 is 20.5. The van der Waals surface area contributed by atoms with E-state index < -0.39 is 54.5 Å². The lowest BCUT2D eigenvalue weighted by atomic mass is 9.96. The lowest BCUT2D eigenvalue weighted by molar-refractivity contribution is -0.264. The lowest BCUT2D eigenvalue weighted by Gasteiger charge is -2.43. The van der Waals surface area contributed by atoms with Crippen molar-refractivity contribution < 1.29 is 48.0 Å². The summed E-state index contributed by atoms with van der Waals surface area (Å²) in [7, 11) is 0. The SMILES string of the molecule is CC(=O)CCC(=O)N[C@@H]1[C@@H](OC(C)=O)[C@H](OC(C)=O)[C@@H](COC(C)=O)O[C@@H]1O. The van der Waals surface area contributed by atoms with Gasteiger partial charge in [-0.15, -0.1) is 0 Å². The van der Waals surface area contributed by atoms with Crippen molar-refractivity contribution >= 4 is 29.6 Å². The van der Waals surface area contributed by atoms with Gasteiger partial charge in [0.15, 0.2) is 18.5 Å². The number of nitrogens with one attached hydrogen (secondary N) is 1. The molecule has 11 nitrogen and oxygen atoms in total. The van der Waals surface area contributed by atoms with Crippen LogP contribution in [0.2, 0.25) is 0 Å². The molecule has 0 aliphatic carbocycles. The van der Waals surface area contributed by atoms with Crippen LogP contribution < -0.4 is 5.32 Å². The number of aliphatic hydroxyl groups excluding tert-OH is 1. The number of esters is 3. The maximum Gasteiger partial charge on any atom is 0.303 e. The standard InChI is InChI=1S/C17H25NO10/c1-8(19)5-6-13(23)18-14-16(27-11(4)22)15(26-10(3)21)12(28-17(14)24)7-25-9(2)20/h12,14-17,24H,5-7H2,1-4H3,(H,18,23)/t12-,14-,15-,16-,17+/m1/s1. The van der Waals surface area contributed by atoms with Gasteiger partial charge in [-0.25, -0.2) is 0 Å². The number of carbonyl (C=O) groups is 5. The minimum absolute atomic E-state index is 0.0177. The van der Waals surface area contributed by atoms with Gasteiger partial charge in [0.1, 0.15) is 24.5 Å². The Morgan fingerprint density at radius 3 is 1.96 bits per heavy atom. The first kappa shape index (κ1) is 23.5.